The summed E-state index contributed by atoms with van der Waals surface area (Å²) >= 11 is 0. The summed E-state index contributed by atoms with van der Waals surface area (Å²) in [7, 11) is 0. The Morgan fingerprint density at radius 2 is 1.85 bits per heavy atom. The number of nitrogen functional groups attached to an aromatic ring is 1. The average Bonchev–Trinajstić information content (AvgIpc) is 2.87. The Hall–Kier alpha value is -1.58. The number of nitrogens with two attached hydrogens (primary N) is 1. The van der Waals surface area contributed by atoms with Crippen molar-refractivity contribution in [2.24, 2.45) is 11.1 Å². The third kappa shape index (κ3) is 2.51. The maximum absolute atomic E-state index is 7.61. The average molecular weight is 272 g/mol. The molecule has 108 valence electrons. The van der Waals surface area contributed by atoms with Gasteiger partial charge in [-0.15, -0.1) is 0 Å². The van der Waals surface area contributed by atoms with Gasteiger partial charge < -0.3 is 10.6 Å². The van der Waals surface area contributed by atoms with Crippen LogP contribution in [0.25, 0.3) is 0 Å². The van der Waals surface area contributed by atoms with E-state index in [4.69, 9.17) is 11.1 Å². The zero-order valence-corrected chi connectivity index (χ0v) is 12.3. The van der Waals surface area contributed by atoms with Crippen molar-refractivity contribution in [3.05, 3.63) is 23.4 Å². The number of hydrogen-bond donors (Lipinski definition) is 2. The van der Waals surface area contributed by atoms with E-state index in [2.05, 4.69) is 9.88 Å². The van der Waals surface area contributed by atoms with Crippen molar-refractivity contribution in [2.75, 3.05) is 18.0 Å². The Balaban J connectivity index is 1.76. The molecule has 0 amide bonds. The van der Waals surface area contributed by atoms with Crippen molar-refractivity contribution < 1.29 is 0 Å². The molecule has 0 unspecified atom stereocenters. The van der Waals surface area contributed by atoms with Crippen molar-refractivity contribution in [1.82, 2.24) is 4.98 Å². The van der Waals surface area contributed by atoms with Crippen LogP contribution in [0.1, 0.15) is 49.8 Å². The molecule has 1 aromatic rings. The fourth-order valence-electron chi connectivity index (χ4n) is 3.80. The van der Waals surface area contributed by atoms with Crippen LogP contribution < -0.4 is 10.6 Å². The molecule has 4 heteroatoms. The fourth-order valence-corrected chi connectivity index (χ4v) is 3.80. The Morgan fingerprint density at radius 3 is 2.45 bits per heavy atom. The van der Waals surface area contributed by atoms with Crippen LogP contribution in [-0.2, 0) is 0 Å². The van der Waals surface area contributed by atoms with E-state index in [0.29, 0.717) is 5.41 Å². The number of hydrogen-bond acceptors (Lipinski definition) is 3. The van der Waals surface area contributed by atoms with Crippen molar-refractivity contribution in [2.45, 2.75) is 45.4 Å². The van der Waals surface area contributed by atoms with Gasteiger partial charge in [-0.1, -0.05) is 12.8 Å². The largest absolute Gasteiger partial charge is 0.384 e. The highest BCUT2D eigenvalue weighted by Gasteiger charge is 2.37. The first-order valence-electron chi connectivity index (χ1n) is 7.66. The molecule has 20 heavy (non-hydrogen) atoms. The molecule has 1 spiro atoms. The predicted molar refractivity (Wildman–Crippen MR) is 82.3 cm³/mol. The highest BCUT2D eigenvalue weighted by molar-refractivity contribution is 5.95. The molecule has 1 aliphatic heterocycles. The van der Waals surface area contributed by atoms with Gasteiger partial charge in [-0.05, 0) is 50.2 Å². The van der Waals surface area contributed by atoms with Crippen LogP contribution in [0, 0.1) is 17.7 Å². The maximum atomic E-state index is 7.61. The van der Waals surface area contributed by atoms with E-state index in [0.717, 1.165) is 30.2 Å². The van der Waals surface area contributed by atoms with Gasteiger partial charge in [0.05, 0.1) is 0 Å². The Labute approximate surface area is 120 Å². The van der Waals surface area contributed by atoms with E-state index in [1.165, 1.54) is 38.5 Å². The SMILES string of the molecule is Cc1cc(C(=N)N)cc(N2CCC3(CCCC3)CC2)n1. The number of anilines is 1. The lowest BCUT2D eigenvalue weighted by Crippen LogP contribution is -2.39. The van der Waals surface area contributed by atoms with Gasteiger partial charge in [0.25, 0.3) is 0 Å². The predicted octanol–water partition coefficient (Wildman–Crippen LogP) is 2.83. The molecule has 2 heterocycles. The van der Waals surface area contributed by atoms with Crippen molar-refractivity contribution in [3.8, 4) is 0 Å². The van der Waals surface area contributed by atoms with Gasteiger partial charge >= 0.3 is 0 Å². The normalized spacial score (nSPS) is 21.4. The topological polar surface area (TPSA) is 66.0 Å². The fraction of sp³-hybridized carbons (Fsp3) is 0.625. The lowest BCUT2D eigenvalue weighted by Gasteiger charge is -2.40. The van der Waals surface area contributed by atoms with Crippen LogP contribution in [-0.4, -0.2) is 23.9 Å². The summed E-state index contributed by atoms with van der Waals surface area (Å²) in [4.78, 5) is 6.99. The minimum atomic E-state index is 0.126. The molecule has 0 bridgehead atoms. The van der Waals surface area contributed by atoms with Crippen LogP contribution >= 0.6 is 0 Å². The van der Waals surface area contributed by atoms with Gasteiger partial charge in [-0.25, -0.2) is 4.98 Å². The van der Waals surface area contributed by atoms with Gasteiger partial charge in [0.15, 0.2) is 0 Å². The van der Waals surface area contributed by atoms with Crippen LogP contribution in [0.5, 0.6) is 0 Å². The Morgan fingerprint density at radius 1 is 1.20 bits per heavy atom. The molecular weight excluding hydrogens is 248 g/mol. The number of nitrogens with zero attached hydrogens (tertiary/aromatic N) is 2. The highest BCUT2D eigenvalue weighted by Crippen LogP contribution is 2.46. The molecule has 0 aromatic carbocycles. The number of aromatic nitrogens is 1. The van der Waals surface area contributed by atoms with E-state index >= 15 is 0 Å². The third-order valence-electron chi connectivity index (χ3n) is 5.06. The van der Waals surface area contributed by atoms with Gasteiger partial charge in [0.2, 0.25) is 0 Å². The first kappa shape index (κ1) is 13.4. The zero-order chi connectivity index (χ0) is 14.2. The first-order valence-corrected chi connectivity index (χ1v) is 7.66. The molecule has 1 saturated heterocycles. The van der Waals surface area contributed by atoms with E-state index in [1.807, 2.05) is 19.1 Å². The van der Waals surface area contributed by atoms with E-state index in [1.54, 1.807) is 0 Å². The summed E-state index contributed by atoms with van der Waals surface area (Å²) < 4.78 is 0. The number of amidine groups is 1. The second kappa shape index (κ2) is 5.08. The van der Waals surface area contributed by atoms with Crippen molar-refractivity contribution >= 4 is 11.7 Å². The van der Waals surface area contributed by atoms with Crippen LogP contribution in [0.15, 0.2) is 12.1 Å². The lowest BCUT2D eigenvalue weighted by molar-refractivity contribution is 0.226. The van der Waals surface area contributed by atoms with Gasteiger partial charge in [-0.2, -0.15) is 0 Å². The minimum absolute atomic E-state index is 0.126. The molecule has 0 atom stereocenters. The van der Waals surface area contributed by atoms with Crippen molar-refractivity contribution in [3.63, 3.8) is 0 Å². The molecule has 1 aliphatic carbocycles. The number of piperidine rings is 1. The number of pyridine rings is 1. The van der Waals surface area contributed by atoms with Crippen molar-refractivity contribution in [1.29, 1.82) is 5.41 Å². The summed E-state index contributed by atoms with van der Waals surface area (Å²) in [6.45, 7) is 4.15. The van der Waals surface area contributed by atoms with E-state index in [9.17, 15) is 0 Å². The summed E-state index contributed by atoms with van der Waals surface area (Å²) in [5.74, 6) is 1.11. The molecule has 1 aromatic heterocycles. The highest BCUT2D eigenvalue weighted by atomic mass is 15.2. The Bertz CT molecular complexity index is 507. The van der Waals surface area contributed by atoms with Gasteiger partial charge in [0.1, 0.15) is 11.7 Å². The standard InChI is InChI=1S/C16H24N4/c1-12-10-13(15(17)18)11-14(19-12)20-8-6-16(7-9-20)4-2-3-5-16/h10-11H,2-9H2,1H3,(H3,17,18). The van der Waals surface area contributed by atoms with E-state index in [-0.39, 0.29) is 5.84 Å². The second-order valence-corrected chi connectivity index (χ2v) is 6.46. The van der Waals surface area contributed by atoms with E-state index < -0.39 is 0 Å². The molecule has 2 fully saturated rings. The van der Waals surface area contributed by atoms with Crippen LogP contribution in [0.4, 0.5) is 5.82 Å². The molecule has 4 nitrogen and oxygen atoms in total. The number of nitrogens with one attached hydrogen (secondary N) is 1. The smallest absolute Gasteiger partial charge is 0.129 e. The quantitative estimate of drug-likeness (QED) is 0.642. The lowest BCUT2D eigenvalue weighted by atomic mass is 9.77. The number of aryl methyl sites for hydroxylation is 1. The molecule has 1 saturated carbocycles. The monoisotopic (exact) mass is 272 g/mol. The van der Waals surface area contributed by atoms with Crippen LogP contribution in [0.2, 0.25) is 0 Å². The van der Waals surface area contributed by atoms with Crippen LogP contribution in [0.3, 0.4) is 0 Å². The molecule has 3 rings (SSSR count). The number of rotatable bonds is 2. The maximum Gasteiger partial charge on any atom is 0.129 e. The minimum Gasteiger partial charge on any atom is -0.384 e. The summed E-state index contributed by atoms with van der Waals surface area (Å²) in [6.07, 6.45) is 8.24. The summed E-state index contributed by atoms with van der Waals surface area (Å²) in [5.41, 5.74) is 7.97. The van der Waals surface area contributed by atoms with Gasteiger partial charge in [0, 0.05) is 24.3 Å². The van der Waals surface area contributed by atoms with Gasteiger partial charge in [-0.3, -0.25) is 5.41 Å². The zero-order valence-electron chi connectivity index (χ0n) is 12.3. The second-order valence-electron chi connectivity index (χ2n) is 6.46. The Kier molecular flexibility index (Phi) is 3.40. The summed E-state index contributed by atoms with van der Waals surface area (Å²) in [6, 6.07) is 3.84. The molecule has 2 aliphatic rings. The summed E-state index contributed by atoms with van der Waals surface area (Å²) in [5, 5.41) is 7.61. The molecule has 3 N–H and O–H groups in total. The molecular formula is C16H24N4. The molecule has 0 radical (unpaired) electrons. The third-order valence-corrected chi connectivity index (χ3v) is 5.06. The first-order chi connectivity index (χ1) is 9.58.